The van der Waals surface area contributed by atoms with Crippen molar-refractivity contribution in [2.75, 3.05) is 11.9 Å². The zero-order valence-corrected chi connectivity index (χ0v) is 20.0. The Kier molecular flexibility index (Phi) is 7.25. The molecular formula is C27H25N5O4. The van der Waals surface area contributed by atoms with E-state index in [0.717, 1.165) is 16.8 Å². The summed E-state index contributed by atoms with van der Waals surface area (Å²) < 4.78 is 8.32. The van der Waals surface area contributed by atoms with Crippen molar-refractivity contribution >= 4 is 28.6 Å². The average molecular weight is 484 g/mol. The zero-order valence-electron chi connectivity index (χ0n) is 20.0. The Morgan fingerprint density at radius 1 is 1.08 bits per heavy atom. The molecule has 0 aliphatic heterocycles. The summed E-state index contributed by atoms with van der Waals surface area (Å²) >= 11 is 0. The van der Waals surface area contributed by atoms with Crippen LogP contribution in [0.1, 0.15) is 28.8 Å². The number of benzene rings is 2. The number of para-hydroxylation sites is 1. The van der Waals surface area contributed by atoms with Crippen LogP contribution < -0.4 is 10.9 Å². The van der Waals surface area contributed by atoms with E-state index in [1.807, 2.05) is 48.7 Å². The molecule has 0 aliphatic carbocycles. The normalized spacial score (nSPS) is 10.7. The topological polar surface area (TPSA) is 119 Å². The van der Waals surface area contributed by atoms with E-state index in [2.05, 4.69) is 16.4 Å². The number of nitrogens with zero attached hydrogens (tertiary/aromatic N) is 4. The molecule has 0 bridgehead atoms. The summed E-state index contributed by atoms with van der Waals surface area (Å²) in [5.74, 6) is -0.819. The Bertz CT molecular complexity index is 1530. The lowest BCUT2D eigenvalue weighted by Gasteiger charge is -2.13. The van der Waals surface area contributed by atoms with Crippen LogP contribution in [0.4, 0.5) is 5.82 Å². The van der Waals surface area contributed by atoms with Gasteiger partial charge in [0.2, 0.25) is 0 Å². The fourth-order valence-corrected chi connectivity index (χ4v) is 3.96. The highest BCUT2D eigenvalue weighted by atomic mass is 16.5. The van der Waals surface area contributed by atoms with Gasteiger partial charge in [-0.05, 0) is 37.1 Å². The van der Waals surface area contributed by atoms with Gasteiger partial charge in [-0.1, -0.05) is 42.5 Å². The first kappa shape index (κ1) is 24.4. The maximum Gasteiger partial charge on any atom is 0.308 e. The molecule has 0 saturated heterocycles. The Morgan fingerprint density at radius 3 is 2.56 bits per heavy atom. The Hall–Kier alpha value is -4.71. The maximum absolute atomic E-state index is 12.6. The van der Waals surface area contributed by atoms with E-state index in [4.69, 9.17) is 4.74 Å². The molecule has 0 atom stereocenters. The van der Waals surface area contributed by atoms with Crippen molar-refractivity contribution in [1.29, 1.82) is 5.26 Å². The molecule has 36 heavy (non-hydrogen) atoms. The van der Waals surface area contributed by atoms with Gasteiger partial charge in [0.05, 0.1) is 29.2 Å². The molecule has 0 aliphatic rings. The first-order chi connectivity index (χ1) is 17.4. The number of hydrogen-bond acceptors (Lipinski definition) is 6. The van der Waals surface area contributed by atoms with Crippen LogP contribution in [-0.2, 0) is 27.4 Å². The highest BCUT2D eigenvalue weighted by Gasteiger charge is 2.20. The number of rotatable bonds is 8. The van der Waals surface area contributed by atoms with E-state index in [-0.39, 0.29) is 18.5 Å². The third kappa shape index (κ3) is 5.18. The SMILES string of the molecule is Cc1c(C#N)c(NC(=O)COC(=O)CCn2cnc3ccccc3c2=O)n(Cc2ccccc2)c1C. The number of hydrogen-bond donors (Lipinski definition) is 1. The summed E-state index contributed by atoms with van der Waals surface area (Å²) in [6.07, 6.45) is 1.29. The van der Waals surface area contributed by atoms with Gasteiger partial charge >= 0.3 is 5.97 Å². The fourth-order valence-electron chi connectivity index (χ4n) is 3.96. The first-order valence-corrected chi connectivity index (χ1v) is 11.4. The maximum atomic E-state index is 12.6. The number of ether oxygens (including phenoxy) is 1. The third-order valence-electron chi connectivity index (χ3n) is 6.04. The summed E-state index contributed by atoms with van der Waals surface area (Å²) in [6.45, 7) is 3.75. The van der Waals surface area contributed by atoms with Crippen molar-refractivity contribution in [1.82, 2.24) is 14.1 Å². The molecular weight excluding hydrogens is 458 g/mol. The van der Waals surface area contributed by atoms with Crippen LogP contribution in [0.15, 0.2) is 65.7 Å². The summed E-state index contributed by atoms with van der Waals surface area (Å²) in [5, 5.41) is 12.9. The standard InChI is InChI=1S/C27H25N5O4/c1-18-19(2)32(15-20-8-4-3-5-9-20)26(22(18)14-28)30-24(33)16-36-25(34)12-13-31-17-29-23-11-7-6-10-21(23)27(31)35/h3-11,17H,12-13,15-16H2,1-2H3,(H,30,33). The molecule has 9 nitrogen and oxygen atoms in total. The number of aryl methyl sites for hydroxylation is 1. The molecule has 9 heteroatoms. The minimum atomic E-state index is -0.627. The molecule has 0 unspecified atom stereocenters. The highest BCUT2D eigenvalue weighted by Crippen LogP contribution is 2.27. The second-order valence-electron chi connectivity index (χ2n) is 8.34. The van der Waals surface area contributed by atoms with Crippen molar-refractivity contribution in [3.05, 3.63) is 93.7 Å². The van der Waals surface area contributed by atoms with Gasteiger partial charge in [0.1, 0.15) is 11.9 Å². The zero-order chi connectivity index (χ0) is 25.7. The lowest BCUT2D eigenvalue weighted by Crippen LogP contribution is -2.25. The molecule has 4 aromatic rings. The molecule has 1 amide bonds. The van der Waals surface area contributed by atoms with E-state index in [0.29, 0.717) is 28.8 Å². The van der Waals surface area contributed by atoms with E-state index in [9.17, 15) is 19.6 Å². The van der Waals surface area contributed by atoms with Crippen LogP contribution in [0, 0.1) is 25.2 Å². The summed E-state index contributed by atoms with van der Waals surface area (Å²) in [4.78, 5) is 41.6. The molecule has 1 N–H and O–H groups in total. The van der Waals surface area contributed by atoms with Crippen LogP contribution in [0.2, 0.25) is 0 Å². The molecule has 0 spiro atoms. The lowest BCUT2D eigenvalue weighted by molar-refractivity contribution is -0.147. The van der Waals surface area contributed by atoms with Gasteiger partial charge in [0.25, 0.3) is 11.5 Å². The van der Waals surface area contributed by atoms with E-state index in [1.165, 1.54) is 10.9 Å². The summed E-state index contributed by atoms with van der Waals surface area (Å²) in [6, 6.07) is 18.8. The van der Waals surface area contributed by atoms with Gasteiger partial charge < -0.3 is 14.6 Å². The smallest absolute Gasteiger partial charge is 0.308 e. The van der Waals surface area contributed by atoms with Crippen molar-refractivity contribution in [3.8, 4) is 6.07 Å². The summed E-state index contributed by atoms with van der Waals surface area (Å²) in [5.41, 5.74) is 3.34. The van der Waals surface area contributed by atoms with Crippen LogP contribution in [0.5, 0.6) is 0 Å². The van der Waals surface area contributed by atoms with E-state index < -0.39 is 18.5 Å². The summed E-state index contributed by atoms with van der Waals surface area (Å²) in [7, 11) is 0. The van der Waals surface area contributed by atoms with Gasteiger partial charge in [-0.15, -0.1) is 0 Å². The molecule has 0 saturated carbocycles. The second kappa shape index (κ2) is 10.7. The van der Waals surface area contributed by atoms with Gasteiger partial charge in [-0.3, -0.25) is 19.0 Å². The van der Waals surface area contributed by atoms with Gasteiger partial charge in [-0.25, -0.2) is 4.98 Å². The predicted molar refractivity (Wildman–Crippen MR) is 134 cm³/mol. The molecule has 182 valence electrons. The number of carbonyl (C=O) groups is 2. The minimum absolute atomic E-state index is 0.0774. The first-order valence-electron chi connectivity index (χ1n) is 11.4. The van der Waals surface area contributed by atoms with Crippen molar-refractivity contribution in [2.45, 2.75) is 33.4 Å². The fraction of sp³-hybridized carbons (Fsp3) is 0.222. The van der Waals surface area contributed by atoms with E-state index in [1.54, 1.807) is 24.3 Å². The quantitative estimate of drug-likeness (QED) is 0.384. The largest absolute Gasteiger partial charge is 0.456 e. The molecule has 2 aromatic heterocycles. The molecule has 0 radical (unpaired) electrons. The van der Waals surface area contributed by atoms with Crippen molar-refractivity contribution in [2.24, 2.45) is 0 Å². The van der Waals surface area contributed by atoms with Crippen LogP contribution in [-0.4, -0.2) is 32.6 Å². The number of aromatic nitrogens is 3. The van der Waals surface area contributed by atoms with Gasteiger partial charge in [0, 0.05) is 18.8 Å². The minimum Gasteiger partial charge on any atom is -0.456 e. The van der Waals surface area contributed by atoms with Crippen LogP contribution in [0.3, 0.4) is 0 Å². The van der Waals surface area contributed by atoms with Crippen LogP contribution in [0.25, 0.3) is 10.9 Å². The number of esters is 1. The average Bonchev–Trinajstić information content (AvgIpc) is 3.11. The Morgan fingerprint density at radius 2 is 1.81 bits per heavy atom. The number of fused-ring (bicyclic) bond motifs is 1. The number of anilines is 1. The Labute approximate surface area is 207 Å². The van der Waals surface area contributed by atoms with Crippen molar-refractivity contribution < 1.29 is 14.3 Å². The third-order valence-corrected chi connectivity index (χ3v) is 6.04. The predicted octanol–water partition coefficient (Wildman–Crippen LogP) is 3.31. The molecule has 0 fully saturated rings. The van der Waals surface area contributed by atoms with Crippen LogP contribution >= 0.6 is 0 Å². The van der Waals surface area contributed by atoms with E-state index >= 15 is 0 Å². The van der Waals surface area contributed by atoms with Gasteiger partial charge in [-0.2, -0.15) is 5.26 Å². The monoisotopic (exact) mass is 483 g/mol. The number of nitriles is 1. The molecule has 4 rings (SSSR count). The number of carbonyl (C=O) groups excluding carboxylic acids is 2. The molecule has 2 heterocycles. The van der Waals surface area contributed by atoms with Crippen molar-refractivity contribution in [3.63, 3.8) is 0 Å². The van der Waals surface area contributed by atoms with Gasteiger partial charge in [0.15, 0.2) is 6.61 Å². The molecule has 2 aromatic carbocycles. The number of amides is 1. The highest BCUT2D eigenvalue weighted by molar-refractivity contribution is 5.93. The Balaban J connectivity index is 1.38. The second-order valence-corrected chi connectivity index (χ2v) is 8.34. The lowest BCUT2D eigenvalue weighted by atomic mass is 10.2. The number of nitrogens with one attached hydrogen (secondary N) is 1.